The molecule has 1 aromatic carbocycles. The molecule has 0 aromatic heterocycles. The van der Waals surface area contributed by atoms with Crippen LogP contribution in [0, 0.1) is 0 Å². The highest BCUT2D eigenvalue weighted by atomic mass is 32.2. The Morgan fingerprint density at radius 1 is 1.33 bits per heavy atom. The van der Waals surface area contributed by atoms with E-state index in [2.05, 4.69) is 5.32 Å². The SMILES string of the molecule is O=C(C[C@H]1SC(=O)NC1=O)Nc1cccc(C(F)(F)F)c1. The van der Waals surface area contributed by atoms with Gasteiger partial charge in [-0.3, -0.25) is 19.7 Å². The van der Waals surface area contributed by atoms with Crippen molar-refractivity contribution in [1.29, 1.82) is 0 Å². The van der Waals surface area contributed by atoms with E-state index in [9.17, 15) is 27.6 Å². The Bertz CT molecular complexity index is 604. The lowest BCUT2D eigenvalue weighted by molar-refractivity contribution is -0.137. The van der Waals surface area contributed by atoms with Crippen molar-refractivity contribution in [2.24, 2.45) is 0 Å². The fourth-order valence-corrected chi connectivity index (χ4v) is 2.50. The number of carbonyl (C=O) groups is 3. The summed E-state index contributed by atoms with van der Waals surface area (Å²) in [5.41, 5.74) is -0.909. The van der Waals surface area contributed by atoms with Gasteiger partial charge in [-0.2, -0.15) is 13.2 Å². The Morgan fingerprint density at radius 3 is 2.62 bits per heavy atom. The van der Waals surface area contributed by atoms with E-state index in [-0.39, 0.29) is 12.1 Å². The molecule has 1 aliphatic rings. The number of hydrogen-bond acceptors (Lipinski definition) is 4. The third-order valence-electron chi connectivity index (χ3n) is 2.61. The minimum absolute atomic E-state index is 0.0236. The van der Waals surface area contributed by atoms with Gasteiger partial charge < -0.3 is 5.32 Å². The number of anilines is 1. The summed E-state index contributed by atoms with van der Waals surface area (Å²) in [4.78, 5) is 33.9. The smallest absolute Gasteiger partial charge is 0.326 e. The molecule has 112 valence electrons. The number of amides is 3. The van der Waals surface area contributed by atoms with E-state index < -0.39 is 34.0 Å². The second-order valence-corrected chi connectivity index (χ2v) is 5.39. The predicted octanol–water partition coefficient (Wildman–Crippen LogP) is 2.39. The number of imide groups is 1. The lowest BCUT2D eigenvalue weighted by Crippen LogP contribution is -2.27. The van der Waals surface area contributed by atoms with Crippen LogP contribution in [-0.2, 0) is 15.8 Å². The van der Waals surface area contributed by atoms with Crippen LogP contribution in [0.3, 0.4) is 0 Å². The zero-order valence-corrected chi connectivity index (χ0v) is 11.2. The molecule has 5 nitrogen and oxygen atoms in total. The Morgan fingerprint density at radius 2 is 2.05 bits per heavy atom. The summed E-state index contributed by atoms with van der Waals surface area (Å²) in [6.45, 7) is 0. The second-order valence-electron chi connectivity index (χ2n) is 4.21. The summed E-state index contributed by atoms with van der Waals surface area (Å²) >= 11 is 0.680. The van der Waals surface area contributed by atoms with Crippen molar-refractivity contribution in [3.8, 4) is 0 Å². The maximum Gasteiger partial charge on any atom is 0.416 e. The van der Waals surface area contributed by atoms with Crippen LogP contribution in [0.2, 0.25) is 0 Å². The first-order chi connectivity index (χ1) is 9.75. The molecule has 1 aromatic rings. The molecule has 21 heavy (non-hydrogen) atoms. The van der Waals surface area contributed by atoms with Crippen molar-refractivity contribution < 1.29 is 27.6 Å². The van der Waals surface area contributed by atoms with E-state index >= 15 is 0 Å². The normalized spacial score (nSPS) is 18.5. The molecular weight excluding hydrogens is 309 g/mol. The fourth-order valence-electron chi connectivity index (χ4n) is 1.68. The van der Waals surface area contributed by atoms with Gasteiger partial charge in [0.15, 0.2) is 0 Å². The Kier molecular flexibility index (Phi) is 4.21. The topological polar surface area (TPSA) is 75.3 Å². The molecule has 1 saturated heterocycles. The maximum atomic E-state index is 12.5. The molecule has 0 aliphatic carbocycles. The molecule has 0 saturated carbocycles. The van der Waals surface area contributed by atoms with Crippen molar-refractivity contribution in [2.45, 2.75) is 17.8 Å². The molecule has 1 fully saturated rings. The number of hydrogen-bond donors (Lipinski definition) is 2. The second kappa shape index (κ2) is 5.76. The van der Waals surface area contributed by atoms with Crippen LogP contribution in [0.15, 0.2) is 24.3 Å². The van der Waals surface area contributed by atoms with Gasteiger partial charge in [0.2, 0.25) is 11.8 Å². The first-order valence-electron chi connectivity index (χ1n) is 5.74. The monoisotopic (exact) mass is 318 g/mol. The maximum absolute atomic E-state index is 12.5. The van der Waals surface area contributed by atoms with Gasteiger partial charge in [-0.1, -0.05) is 17.8 Å². The average molecular weight is 318 g/mol. The van der Waals surface area contributed by atoms with E-state index in [0.29, 0.717) is 11.8 Å². The van der Waals surface area contributed by atoms with E-state index in [1.807, 2.05) is 5.32 Å². The standard InChI is InChI=1S/C12H9F3N2O3S/c13-12(14,15)6-2-1-3-7(4-6)16-9(18)5-8-10(19)17-11(20)21-8/h1-4,8H,5H2,(H,16,18)(H,17,19,20)/t8-/m1/s1. The van der Waals surface area contributed by atoms with Crippen molar-refractivity contribution in [1.82, 2.24) is 5.32 Å². The number of thioether (sulfide) groups is 1. The van der Waals surface area contributed by atoms with E-state index in [4.69, 9.17) is 0 Å². The Hall–Kier alpha value is -2.03. The van der Waals surface area contributed by atoms with Gasteiger partial charge in [0.05, 0.1) is 5.56 Å². The molecule has 0 unspecified atom stereocenters. The molecule has 2 rings (SSSR count). The molecule has 0 radical (unpaired) electrons. The van der Waals surface area contributed by atoms with Gasteiger partial charge in [0.1, 0.15) is 5.25 Å². The molecule has 0 bridgehead atoms. The number of alkyl halides is 3. The predicted molar refractivity (Wildman–Crippen MR) is 69.6 cm³/mol. The lowest BCUT2D eigenvalue weighted by Gasteiger charge is -2.10. The Balaban J connectivity index is 2.00. The third kappa shape index (κ3) is 3.97. The third-order valence-corrected chi connectivity index (χ3v) is 3.59. The number of benzene rings is 1. The molecular formula is C12H9F3N2O3S. The number of carbonyl (C=O) groups excluding carboxylic acids is 3. The van der Waals surface area contributed by atoms with Crippen molar-refractivity contribution in [2.75, 3.05) is 5.32 Å². The number of halogens is 3. The largest absolute Gasteiger partial charge is 0.416 e. The summed E-state index contributed by atoms with van der Waals surface area (Å²) < 4.78 is 37.6. The first kappa shape index (κ1) is 15.4. The average Bonchev–Trinajstić information content (AvgIpc) is 2.67. The van der Waals surface area contributed by atoms with Crippen LogP contribution in [0.5, 0.6) is 0 Å². The minimum Gasteiger partial charge on any atom is -0.326 e. The fraction of sp³-hybridized carbons (Fsp3) is 0.250. The zero-order chi connectivity index (χ0) is 15.6. The molecule has 0 spiro atoms. The lowest BCUT2D eigenvalue weighted by atomic mass is 10.2. The summed E-state index contributed by atoms with van der Waals surface area (Å²) in [6.07, 6.45) is -4.80. The molecule has 3 amide bonds. The van der Waals surface area contributed by atoms with Gasteiger partial charge in [-0.05, 0) is 18.2 Å². The number of nitrogens with one attached hydrogen (secondary N) is 2. The van der Waals surface area contributed by atoms with Gasteiger partial charge in [0, 0.05) is 12.1 Å². The van der Waals surface area contributed by atoms with Crippen LogP contribution in [-0.4, -0.2) is 22.3 Å². The summed E-state index contributed by atoms with van der Waals surface area (Å²) in [6, 6.07) is 4.15. The van der Waals surface area contributed by atoms with Gasteiger partial charge >= 0.3 is 6.18 Å². The van der Waals surface area contributed by atoms with Crippen LogP contribution in [0.4, 0.5) is 23.7 Å². The van der Waals surface area contributed by atoms with Crippen molar-refractivity contribution >= 4 is 34.5 Å². The van der Waals surface area contributed by atoms with Crippen LogP contribution < -0.4 is 10.6 Å². The van der Waals surface area contributed by atoms with Gasteiger partial charge in [-0.15, -0.1) is 0 Å². The molecule has 1 atom stereocenters. The van der Waals surface area contributed by atoms with Crippen LogP contribution in [0.1, 0.15) is 12.0 Å². The minimum atomic E-state index is -4.51. The molecule has 1 aliphatic heterocycles. The zero-order valence-electron chi connectivity index (χ0n) is 10.4. The summed E-state index contributed by atoms with van der Waals surface area (Å²) in [5, 5.41) is 2.89. The van der Waals surface area contributed by atoms with Crippen LogP contribution >= 0.6 is 11.8 Å². The summed E-state index contributed by atoms with van der Waals surface area (Å²) in [7, 11) is 0. The highest BCUT2D eigenvalue weighted by molar-refractivity contribution is 8.15. The van der Waals surface area contributed by atoms with Gasteiger partial charge in [0.25, 0.3) is 5.24 Å². The highest BCUT2D eigenvalue weighted by Crippen LogP contribution is 2.30. The quantitative estimate of drug-likeness (QED) is 0.897. The number of rotatable bonds is 3. The molecule has 2 N–H and O–H groups in total. The first-order valence-corrected chi connectivity index (χ1v) is 6.62. The van der Waals surface area contributed by atoms with Gasteiger partial charge in [-0.25, -0.2) is 0 Å². The molecule has 9 heteroatoms. The van der Waals surface area contributed by atoms with Crippen molar-refractivity contribution in [3.05, 3.63) is 29.8 Å². The summed E-state index contributed by atoms with van der Waals surface area (Å²) in [5.74, 6) is -1.22. The van der Waals surface area contributed by atoms with Crippen molar-refractivity contribution in [3.63, 3.8) is 0 Å². The van der Waals surface area contributed by atoms with Crippen LogP contribution in [0.25, 0.3) is 0 Å². The molecule has 1 heterocycles. The van der Waals surface area contributed by atoms with E-state index in [1.165, 1.54) is 12.1 Å². The van der Waals surface area contributed by atoms with E-state index in [1.54, 1.807) is 0 Å². The van der Waals surface area contributed by atoms with E-state index in [0.717, 1.165) is 12.1 Å². The Labute approximate surface area is 121 Å². The highest BCUT2D eigenvalue weighted by Gasteiger charge is 2.33.